The molecule has 1 rings (SSSR count). The molecular weight excluding hydrogens is 160 g/mol. The van der Waals surface area contributed by atoms with Gasteiger partial charge in [0.15, 0.2) is 5.82 Å². The molecule has 0 aliphatic carbocycles. The molecule has 0 aromatic carbocycles. The first-order valence-electron chi connectivity index (χ1n) is 3.71. The molecule has 0 saturated carbocycles. The van der Waals surface area contributed by atoms with Gasteiger partial charge in [0.2, 0.25) is 0 Å². The van der Waals surface area contributed by atoms with E-state index in [1.54, 1.807) is 0 Å². The van der Waals surface area contributed by atoms with Crippen LogP contribution in [0.15, 0.2) is 0 Å². The SMILES string of the molecule is CCCc1nnnn1CC(=O)O. The molecule has 66 valence electrons. The lowest BCUT2D eigenvalue weighted by atomic mass is 10.3. The van der Waals surface area contributed by atoms with E-state index in [4.69, 9.17) is 5.11 Å². The van der Waals surface area contributed by atoms with Crippen molar-refractivity contribution < 1.29 is 9.90 Å². The maximum atomic E-state index is 10.3. The lowest BCUT2D eigenvalue weighted by molar-refractivity contribution is -0.138. The Labute approximate surface area is 69.2 Å². The highest BCUT2D eigenvalue weighted by molar-refractivity contribution is 5.66. The van der Waals surface area contributed by atoms with E-state index in [1.807, 2.05) is 6.92 Å². The van der Waals surface area contributed by atoms with Crippen LogP contribution in [0.1, 0.15) is 19.2 Å². The molecule has 0 saturated heterocycles. The van der Waals surface area contributed by atoms with E-state index >= 15 is 0 Å². The Kier molecular flexibility index (Phi) is 2.73. The van der Waals surface area contributed by atoms with E-state index in [9.17, 15) is 4.79 Å². The summed E-state index contributed by atoms with van der Waals surface area (Å²) in [6.45, 7) is 1.82. The number of aryl methyl sites for hydroxylation is 1. The highest BCUT2D eigenvalue weighted by Crippen LogP contribution is 1.95. The van der Waals surface area contributed by atoms with E-state index in [-0.39, 0.29) is 6.54 Å². The molecule has 0 unspecified atom stereocenters. The number of hydrogen-bond acceptors (Lipinski definition) is 4. The number of nitrogens with zero attached hydrogens (tertiary/aromatic N) is 4. The molecular formula is C6H10N4O2. The fourth-order valence-corrected chi connectivity index (χ4v) is 0.877. The number of aliphatic carboxylic acids is 1. The Morgan fingerprint density at radius 2 is 2.42 bits per heavy atom. The molecule has 6 heteroatoms. The summed E-state index contributed by atoms with van der Waals surface area (Å²) in [5.41, 5.74) is 0. The normalized spacial score (nSPS) is 10.1. The molecule has 0 aliphatic rings. The number of tetrazole rings is 1. The van der Waals surface area contributed by atoms with Gasteiger partial charge in [0, 0.05) is 6.42 Å². The molecule has 1 aromatic heterocycles. The molecule has 1 aromatic rings. The smallest absolute Gasteiger partial charge is 0.325 e. The van der Waals surface area contributed by atoms with E-state index in [1.165, 1.54) is 4.68 Å². The summed E-state index contributed by atoms with van der Waals surface area (Å²) >= 11 is 0. The second-order valence-electron chi connectivity index (χ2n) is 2.40. The highest BCUT2D eigenvalue weighted by atomic mass is 16.4. The molecule has 0 aliphatic heterocycles. The average Bonchev–Trinajstić information content (AvgIpc) is 2.37. The van der Waals surface area contributed by atoms with E-state index in [0.29, 0.717) is 12.2 Å². The zero-order valence-corrected chi connectivity index (χ0v) is 6.77. The Morgan fingerprint density at radius 3 is 3.00 bits per heavy atom. The number of aromatic nitrogens is 4. The number of carboxylic acid groups (broad SMARTS) is 1. The van der Waals surface area contributed by atoms with Crippen molar-refractivity contribution >= 4 is 5.97 Å². The van der Waals surface area contributed by atoms with Gasteiger partial charge in [-0.1, -0.05) is 6.92 Å². The Bertz CT molecular complexity index is 270. The van der Waals surface area contributed by atoms with Crippen molar-refractivity contribution in [3.8, 4) is 0 Å². The maximum absolute atomic E-state index is 10.3. The van der Waals surface area contributed by atoms with E-state index in [2.05, 4.69) is 15.5 Å². The standard InChI is InChI=1S/C6H10N4O2/c1-2-3-5-7-8-9-10(5)4-6(11)12/h2-4H2,1H3,(H,11,12). The third-order valence-corrected chi connectivity index (χ3v) is 1.36. The molecule has 0 bridgehead atoms. The van der Waals surface area contributed by atoms with Gasteiger partial charge in [-0.3, -0.25) is 4.79 Å². The molecule has 0 fully saturated rings. The van der Waals surface area contributed by atoms with Gasteiger partial charge in [-0.2, -0.15) is 0 Å². The van der Waals surface area contributed by atoms with Crippen LogP contribution in [0, 0.1) is 0 Å². The molecule has 0 amide bonds. The fraction of sp³-hybridized carbons (Fsp3) is 0.667. The van der Waals surface area contributed by atoms with Crippen LogP contribution in [-0.4, -0.2) is 31.3 Å². The van der Waals surface area contributed by atoms with Crippen LogP contribution in [0.25, 0.3) is 0 Å². The van der Waals surface area contributed by atoms with Gasteiger partial charge in [0.05, 0.1) is 0 Å². The van der Waals surface area contributed by atoms with Gasteiger partial charge < -0.3 is 5.11 Å². The van der Waals surface area contributed by atoms with Crippen molar-refractivity contribution in [1.29, 1.82) is 0 Å². The summed E-state index contributed by atoms with van der Waals surface area (Å²) in [4.78, 5) is 10.3. The van der Waals surface area contributed by atoms with Gasteiger partial charge in [0.25, 0.3) is 0 Å². The minimum Gasteiger partial charge on any atom is -0.480 e. The second kappa shape index (κ2) is 3.80. The molecule has 0 atom stereocenters. The largest absolute Gasteiger partial charge is 0.480 e. The number of rotatable bonds is 4. The predicted octanol–water partition coefficient (Wildman–Crippen LogP) is -0.290. The fourth-order valence-electron chi connectivity index (χ4n) is 0.877. The van der Waals surface area contributed by atoms with Crippen molar-refractivity contribution in [1.82, 2.24) is 20.2 Å². The quantitative estimate of drug-likeness (QED) is 0.671. The van der Waals surface area contributed by atoms with Crippen molar-refractivity contribution in [2.24, 2.45) is 0 Å². The minimum absolute atomic E-state index is 0.164. The van der Waals surface area contributed by atoms with Crippen molar-refractivity contribution in [2.75, 3.05) is 0 Å². The summed E-state index contributed by atoms with van der Waals surface area (Å²) in [7, 11) is 0. The zero-order valence-electron chi connectivity index (χ0n) is 6.77. The van der Waals surface area contributed by atoms with Gasteiger partial charge in [0.1, 0.15) is 6.54 Å². The van der Waals surface area contributed by atoms with Crippen molar-refractivity contribution in [2.45, 2.75) is 26.3 Å². The number of hydrogen-bond donors (Lipinski definition) is 1. The topological polar surface area (TPSA) is 80.9 Å². The second-order valence-corrected chi connectivity index (χ2v) is 2.40. The molecule has 1 heterocycles. The first-order chi connectivity index (χ1) is 5.74. The summed E-state index contributed by atoms with van der Waals surface area (Å²) in [5.74, 6) is -0.306. The maximum Gasteiger partial charge on any atom is 0.325 e. The summed E-state index contributed by atoms with van der Waals surface area (Å²) in [6, 6.07) is 0. The van der Waals surface area contributed by atoms with Crippen LogP contribution in [0.5, 0.6) is 0 Å². The van der Waals surface area contributed by atoms with Gasteiger partial charge in [-0.25, -0.2) is 4.68 Å². The monoisotopic (exact) mass is 170 g/mol. The third kappa shape index (κ3) is 2.01. The molecule has 1 N–H and O–H groups in total. The molecule has 0 radical (unpaired) electrons. The first-order valence-corrected chi connectivity index (χ1v) is 3.71. The minimum atomic E-state index is -0.931. The van der Waals surface area contributed by atoms with Gasteiger partial charge in [-0.15, -0.1) is 5.10 Å². The Balaban J connectivity index is 2.69. The number of carbonyl (C=O) groups is 1. The van der Waals surface area contributed by atoms with Crippen molar-refractivity contribution in [3.63, 3.8) is 0 Å². The predicted molar refractivity (Wildman–Crippen MR) is 39.4 cm³/mol. The number of carboxylic acids is 1. The summed E-state index contributed by atoms with van der Waals surface area (Å²) in [5, 5.41) is 19.1. The Hall–Kier alpha value is -1.46. The van der Waals surface area contributed by atoms with E-state index in [0.717, 1.165) is 6.42 Å². The van der Waals surface area contributed by atoms with Crippen molar-refractivity contribution in [3.05, 3.63) is 5.82 Å². The average molecular weight is 170 g/mol. The highest BCUT2D eigenvalue weighted by Gasteiger charge is 2.07. The van der Waals surface area contributed by atoms with Crippen LogP contribution in [0.2, 0.25) is 0 Å². The zero-order chi connectivity index (χ0) is 8.97. The van der Waals surface area contributed by atoms with Crippen LogP contribution in [0.4, 0.5) is 0 Å². The van der Waals surface area contributed by atoms with Crippen LogP contribution >= 0.6 is 0 Å². The van der Waals surface area contributed by atoms with E-state index < -0.39 is 5.97 Å². The molecule has 0 spiro atoms. The van der Waals surface area contributed by atoms with Gasteiger partial charge in [-0.05, 0) is 16.8 Å². The van der Waals surface area contributed by atoms with Gasteiger partial charge >= 0.3 is 5.97 Å². The molecule has 12 heavy (non-hydrogen) atoms. The van der Waals surface area contributed by atoms with Crippen LogP contribution in [0.3, 0.4) is 0 Å². The first kappa shape index (κ1) is 8.63. The lowest BCUT2D eigenvalue weighted by Crippen LogP contribution is -2.13. The van der Waals surface area contributed by atoms with Crippen LogP contribution < -0.4 is 0 Å². The Morgan fingerprint density at radius 1 is 1.67 bits per heavy atom. The lowest BCUT2D eigenvalue weighted by Gasteiger charge is -1.97. The molecule has 6 nitrogen and oxygen atoms in total. The summed E-state index contributed by atoms with van der Waals surface area (Å²) < 4.78 is 1.30. The third-order valence-electron chi connectivity index (χ3n) is 1.36. The van der Waals surface area contributed by atoms with Crippen LogP contribution in [-0.2, 0) is 17.8 Å². The summed E-state index contributed by atoms with van der Waals surface area (Å²) in [6.07, 6.45) is 1.61.